The van der Waals surface area contributed by atoms with Gasteiger partial charge in [0.25, 0.3) is 0 Å². The van der Waals surface area contributed by atoms with E-state index in [9.17, 15) is 22.8 Å². The number of hydrogen-bond acceptors (Lipinski definition) is 3. The van der Waals surface area contributed by atoms with Crippen LogP contribution in [0, 0.1) is 0 Å². The van der Waals surface area contributed by atoms with Crippen LogP contribution in [-0.4, -0.2) is 47.8 Å². The smallest absolute Gasteiger partial charge is 0.411 e. The predicted molar refractivity (Wildman–Crippen MR) is 69.4 cm³/mol. The fourth-order valence-corrected chi connectivity index (χ4v) is 2.25. The minimum Gasteiger partial charge on any atom is -0.478 e. The predicted octanol–water partition coefficient (Wildman–Crippen LogP) is 1.85. The van der Waals surface area contributed by atoms with Gasteiger partial charge in [0.2, 0.25) is 5.91 Å². The lowest BCUT2D eigenvalue weighted by Gasteiger charge is -2.29. The van der Waals surface area contributed by atoms with Gasteiger partial charge in [0.05, 0.1) is 5.56 Å². The maximum atomic E-state index is 12.0. The average molecular weight is 317 g/mol. The number of rotatable bonds is 4. The number of benzene rings is 1. The zero-order chi connectivity index (χ0) is 16.3. The molecule has 0 saturated heterocycles. The van der Waals surface area contributed by atoms with E-state index in [4.69, 9.17) is 5.11 Å². The summed E-state index contributed by atoms with van der Waals surface area (Å²) in [5.41, 5.74) is 1.74. The molecule has 0 atom stereocenters. The van der Waals surface area contributed by atoms with Crippen molar-refractivity contribution in [2.45, 2.75) is 19.1 Å². The first-order valence-electron chi connectivity index (χ1n) is 6.53. The van der Waals surface area contributed by atoms with Crippen LogP contribution in [0.25, 0.3) is 0 Å². The van der Waals surface area contributed by atoms with Gasteiger partial charge < -0.3 is 14.7 Å². The highest BCUT2D eigenvalue weighted by atomic mass is 19.4. The molecule has 5 nitrogen and oxygen atoms in total. The summed E-state index contributed by atoms with van der Waals surface area (Å²) in [6, 6.07) is 4.67. The van der Waals surface area contributed by atoms with Crippen LogP contribution in [0.15, 0.2) is 18.2 Å². The van der Waals surface area contributed by atoms with Gasteiger partial charge >= 0.3 is 12.1 Å². The van der Waals surface area contributed by atoms with E-state index in [1.54, 1.807) is 6.07 Å². The first-order valence-corrected chi connectivity index (χ1v) is 6.53. The molecule has 1 N–H and O–H groups in total. The number of hydrogen-bond donors (Lipinski definition) is 1. The molecule has 0 aliphatic carbocycles. The minimum atomic E-state index is -4.47. The second-order valence-electron chi connectivity index (χ2n) is 4.96. The molecule has 1 amide bonds. The Bertz CT molecular complexity index is 586. The van der Waals surface area contributed by atoms with Gasteiger partial charge in [0.15, 0.2) is 0 Å². The summed E-state index contributed by atoms with van der Waals surface area (Å²) < 4.78 is 40.2. The van der Waals surface area contributed by atoms with Gasteiger partial charge in [-0.1, -0.05) is 6.07 Å². The van der Waals surface area contributed by atoms with Crippen LogP contribution in [0.3, 0.4) is 0 Å². The van der Waals surface area contributed by atoms with Crippen LogP contribution in [0.1, 0.15) is 21.5 Å². The van der Waals surface area contributed by atoms with Crippen LogP contribution in [-0.2, 0) is 22.5 Å². The Morgan fingerprint density at radius 3 is 2.64 bits per heavy atom. The van der Waals surface area contributed by atoms with Gasteiger partial charge in [-0.2, -0.15) is 13.2 Å². The van der Waals surface area contributed by atoms with E-state index in [1.165, 1.54) is 17.0 Å². The average Bonchev–Trinajstić information content (AvgIpc) is 2.44. The lowest BCUT2D eigenvalue weighted by Crippen LogP contribution is -2.38. The van der Waals surface area contributed by atoms with Crippen molar-refractivity contribution in [1.29, 1.82) is 0 Å². The van der Waals surface area contributed by atoms with Crippen molar-refractivity contribution in [1.82, 2.24) is 4.90 Å². The van der Waals surface area contributed by atoms with Gasteiger partial charge in [0, 0.05) is 13.1 Å². The number of nitrogens with zero attached hydrogens (tertiary/aromatic N) is 1. The third-order valence-corrected chi connectivity index (χ3v) is 3.31. The third-order valence-electron chi connectivity index (χ3n) is 3.31. The van der Waals surface area contributed by atoms with Crippen LogP contribution in [0.4, 0.5) is 13.2 Å². The Morgan fingerprint density at radius 1 is 1.27 bits per heavy atom. The van der Waals surface area contributed by atoms with Crippen LogP contribution < -0.4 is 0 Å². The molecular weight excluding hydrogens is 303 g/mol. The van der Waals surface area contributed by atoms with E-state index in [-0.39, 0.29) is 12.1 Å². The summed E-state index contributed by atoms with van der Waals surface area (Å²) in [6.45, 7) is -1.57. The number of halogens is 3. The molecule has 1 aliphatic heterocycles. The molecule has 1 heterocycles. The van der Waals surface area contributed by atoms with Crippen molar-refractivity contribution >= 4 is 11.9 Å². The zero-order valence-corrected chi connectivity index (χ0v) is 11.5. The summed E-state index contributed by atoms with van der Waals surface area (Å²) in [4.78, 5) is 24.1. The van der Waals surface area contributed by atoms with Gasteiger partial charge in [0.1, 0.15) is 13.2 Å². The van der Waals surface area contributed by atoms with Crippen molar-refractivity contribution in [3.8, 4) is 0 Å². The molecule has 120 valence electrons. The minimum absolute atomic E-state index is 0.112. The molecule has 2 rings (SSSR count). The number of amides is 1. The standard InChI is InChI=1S/C14H14F3NO4/c15-14(16,17)8-22-7-12(19)18-4-3-9-1-2-10(13(20)21)5-11(9)6-18/h1-2,5H,3-4,6-8H2,(H,20,21). The van der Waals surface area contributed by atoms with Crippen LogP contribution >= 0.6 is 0 Å². The monoisotopic (exact) mass is 317 g/mol. The highest BCUT2D eigenvalue weighted by Crippen LogP contribution is 2.21. The van der Waals surface area contributed by atoms with Crippen molar-refractivity contribution in [2.75, 3.05) is 19.8 Å². The lowest BCUT2D eigenvalue weighted by molar-refractivity contribution is -0.178. The molecule has 0 radical (unpaired) electrons. The Balaban J connectivity index is 1.97. The SMILES string of the molecule is O=C(O)c1ccc2c(c1)CN(C(=O)COCC(F)(F)F)CC2. The summed E-state index contributed by atoms with van der Waals surface area (Å²) in [6.07, 6.45) is -3.94. The Morgan fingerprint density at radius 2 is 2.00 bits per heavy atom. The largest absolute Gasteiger partial charge is 0.478 e. The number of carbonyl (C=O) groups is 2. The maximum absolute atomic E-state index is 12.0. The van der Waals surface area contributed by atoms with Gasteiger partial charge in [-0.05, 0) is 29.7 Å². The highest BCUT2D eigenvalue weighted by Gasteiger charge is 2.29. The number of carboxylic acids is 1. The van der Waals surface area contributed by atoms with E-state index in [0.29, 0.717) is 18.5 Å². The molecule has 0 saturated carbocycles. The number of fused-ring (bicyclic) bond motifs is 1. The first-order chi connectivity index (χ1) is 10.3. The molecule has 1 aliphatic rings. The molecule has 1 aromatic carbocycles. The number of aromatic carboxylic acids is 1. The van der Waals surface area contributed by atoms with Crippen LogP contribution in [0.5, 0.6) is 0 Å². The summed E-state index contributed by atoms with van der Waals surface area (Å²) in [7, 11) is 0. The second kappa shape index (κ2) is 6.35. The maximum Gasteiger partial charge on any atom is 0.411 e. The van der Waals surface area contributed by atoms with Gasteiger partial charge in [-0.25, -0.2) is 4.79 Å². The van der Waals surface area contributed by atoms with Gasteiger partial charge in [-0.15, -0.1) is 0 Å². The number of ether oxygens (including phenoxy) is 1. The fourth-order valence-electron chi connectivity index (χ4n) is 2.25. The third kappa shape index (κ3) is 4.20. The van der Waals surface area contributed by atoms with Crippen molar-refractivity contribution in [3.05, 3.63) is 34.9 Å². The van der Waals surface area contributed by atoms with E-state index >= 15 is 0 Å². The number of carbonyl (C=O) groups excluding carboxylic acids is 1. The molecule has 0 unspecified atom stereocenters. The number of carboxylic acid groups (broad SMARTS) is 1. The molecule has 8 heteroatoms. The molecule has 0 aromatic heterocycles. The van der Waals surface area contributed by atoms with Gasteiger partial charge in [-0.3, -0.25) is 4.79 Å². The molecule has 1 aromatic rings. The second-order valence-corrected chi connectivity index (χ2v) is 4.96. The molecule has 0 spiro atoms. The fraction of sp³-hybridized carbons (Fsp3) is 0.429. The lowest BCUT2D eigenvalue weighted by atomic mass is 9.97. The molecule has 0 fully saturated rings. The van der Waals surface area contributed by atoms with E-state index < -0.39 is 31.3 Å². The molecular formula is C14H14F3NO4. The quantitative estimate of drug-likeness (QED) is 0.920. The zero-order valence-electron chi connectivity index (χ0n) is 11.5. The highest BCUT2D eigenvalue weighted by molar-refractivity contribution is 5.88. The Kier molecular flexibility index (Phi) is 4.70. The first kappa shape index (κ1) is 16.3. The summed E-state index contributed by atoms with van der Waals surface area (Å²) in [5, 5.41) is 8.95. The molecule has 0 bridgehead atoms. The summed E-state index contributed by atoms with van der Waals surface area (Å²) in [5.74, 6) is -1.62. The van der Waals surface area contributed by atoms with E-state index in [1.807, 2.05) is 0 Å². The van der Waals surface area contributed by atoms with Crippen molar-refractivity contribution < 1.29 is 32.6 Å². The van der Waals surface area contributed by atoms with Crippen LogP contribution in [0.2, 0.25) is 0 Å². The van der Waals surface area contributed by atoms with E-state index in [0.717, 1.165) is 5.56 Å². The Hall–Kier alpha value is -2.09. The number of alkyl halides is 3. The van der Waals surface area contributed by atoms with Crippen molar-refractivity contribution in [3.63, 3.8) is 0 Å². The van der Waals surface area contributed by atoms with Crippen molar-refractivity contribution in [2.24, 2.45) is 0 Å². The van der Waals surface area contributed by atoms with E-state index in [2.05, 4.69) is 4.74 Å². The topological polar surface area (TPSA) is 66.8 Å². The summed E-state index contributed by atoms with van der Waals surface area (Å²) >= 11 is 0. The molecule has 22 heavy (non-hydrogen) atoms. The normalized spacial score (nSPS) is 14.6. The Labute approximate surface area is 124 Å².